The van der Waals surface area contributed by atoms with Crippen LogP contribution in [-0.2, 0) is 16.1 Å². The van der Waals surface area contributed by atoms with Crippen molar-refractivity contribution in [2.24, 2.45) is 0 Å². The first-order chi connectivity index (χ1) is 16.3. The lowest BCUT2D eigenvalue weighted by Gasteiger charge is -2.31. The molecule has 1 atom stereocenters. The van der Waals surface area contributed by atoms with Gasteiger partial charge in [0.1, 0.15) is 11.8 Å². The third kappa shape index (κ3) is 7.64. The molecule has 34 heavy (non-hydrogen) atoms. The van der Waals surface area contributed by atoms with Gasteiger partial charge >= 0.3 is 0 Å². The van der Waals surface area contributed by atoms with Gasteiger partial charge in [-0.15, -0.1) is 0 Å². The number of nitrogens with one attached hydrogen (secondary N) is 1. The fraction of sp³-hybridized carbons (Fsp3) is 0.481. The second-order valence-electron chi connectivity index (χ2n) is 9.01. The average molecular weight is 505 g/mol. The summed E-state index contributed by atoms with van der Waals surface area (Å²) in [5, 5.41) is 4.10. The van der Waals surface area contributed by atoms with E-state index in [1.165, 1.54) is 6.42 Å². The lowest BCUT2D eigenvalue weighted by Crippen LogP contribution is -2.50. The second kappa shape index (κ2) is 13.0. The highest BCUT2D eigenvalue weighted by atomic mass is 35.5. The van der Waals surface area contributed by atoms with Crippen LogP contribution in [0, 0.1) is 6.92 Å². The lowest BCUT2D eigenvalue weighted by molar-refractivity contribution is -0.141. The molecule has 3 rings (SSSR count). The molecule has 1 aliphatic rings. The molecule has 184 valence electrons. The summed E-state index contributed by atoms with van der Waals surface area (Å²) < 4.78 is 5.76. The van der Waals surface area contributed by atoms with E-state index in [-0.39, 0.29) is 30.8 Å². The first-order valence-electron chi connectivity index (χ1n) is 12.1. The van der Waals surface area contributed by atoms with Crippen LogP contribution in [0.4, 0.5) is 0 Å². The molecular formula is C27H34Cl2N2O3. The summed E-state index contributed by atoms with van der Waals surface area (Å²) in [7, 11) is 0. The number of nitrogens with zero attached hydrogens (tertiary/aromatic N) is 1. The number of amides is 2. The van der Waals surface area contributed by atoms with Crippen LogP contribution in [0.15, 0.2) is 42.5 Å². The summed E-state index contributed by atoms with van der Waals surface area (Å²) in [5.41, 5.74) is 1.81. The number of halogens is 2. The summed E-state index contributed by atoms with van der Waals surface area (Å²) in [6.45, 7) is 4.38. The van der Waals surface area contributed by atoms with Crippen LogP contribution in [0.2, 0.25) is 10.0 Å². The standard InChI is InChI=1S/C27H34Cl2N2O3/c1-19-13-15-22(16-14-19)34-17-7-12-26(32)31(18-23-24(28)10-6-11-25(23)29)20(2)27(33)30-21-8-4-3-5-9-21/h6,10-11,13-16,20-21H,3-5,7-9,12,17-18H2,1-2H3,(H,30,33). The predicted octanol–water partition coefficient (Wildman–Crippen LogP) is 6.33. The summed E-state index contributed by atoms with van der Waals surface area (Å²) in [6.07, 6.45) is 6.22. The van der Waals surface area contributed by atoms with Gasteiger partial charge in [0, 0.05) is 34.6 Å². The van der Waals surface area contributed by atoms with Crippen molar-refractivity contribution in [2.45, 2.75) is 77.4 Å². The van der Waals surface area contributed by atoms with E-state index in [4.69, 9.17) is 27.9 Å². The minimum Gasteiger partial charge on any atom is -0.494 e. The Labute approximate surface area is 212 Å². The highest BCUT2D eigenvalue weighted by Gasteiger charge is 2.28. The quantitative estimate of drug-likeness (QED) is 0.384. The minimum atomic E-state index is -0.639. The Morgan fingerprint density at radius 3 is 2.35 bits per heavy atom. The number of carbonyl (C=O) groups is 2. The van der Waals surface area contributed by atoms with Gasteiger partial charge in [0.05, 0.1) is 6.61 Å². The van der Waals surface area contributed by atoms with Gasteiger partial charge in [-0.1, -0.05) is 66.2 Å². The van der Waals surface area contributed by atoms with Gasteiger partial charge in [0.2, 0.25) is 11.8 Å². The molecule has 1 aliphatic carbocycles. The molecule has 2 amide bonds. The van der Waals surface area contributed by atoms with Crippen molar-refractivity contribution >= 4 is 35.0 Å². The number of ether oxygens (including phenoxy) is 1. The van der Waals surface area contributed by atoms with E-state index in [1.807, 2.05) is 31.2 Å². The SMILES string of the molecule is Cc1ccc(OCCCC(=O)N(Cc2c(Cl)cccc2Cl)C(C)C(=O)NC2CCCCC2)cc1. The van der Waals surface area contributed by atoms with Crippen LogP contribution in [0.5, 0.6) is 5.75 Å². The maximum atomic E-state index is 13.3. The molecule has 7 heteroatoms. The molecule has 5 nitrogen and oxygen atoms in total. The van der Waals surface area contributed by atoms with Crippen molar-refractivity contribution in [1.29, 1.82) is 0 Å². The Morgan fingerprint density at radius 1 is 1.06 bits per heavy atom. The van der Waals surface area contributed by atoms with Crippen molar-refractivity contribution in [3.63, 3.8) is 0 Å². The monoisotopic (exact) mass is 504 g/mol. The molecule has 0 heterocycles. The van der Waals surface area contributed by atoms with Crippen LogP contribution >= 0.6 is 23.2 Å². The zero-order chi connectivity index (χ0) is 24.5. The molecule has 0 radical (unpaired) electrons. The Hall–Kier alpha value is -2.24. The molecule has 0 bridgehead atoms. The number of benzene rings is 2. The van der Waals surface area contributed by atoms with Crippen LogP contribution in [0.3, 0.4) is 0 Å². The van der Waals surface area contributed by atoms with E-state index >= 15 is 0 Å². The smallest absolute Gasteiger partial charge is 0.242 e. The molecule has 1 unspecified atom stereocenters. The summed E-state index contributed by atoms with van der Waals surface area (Å²) >= 11 is 12.8. The molecule has 0 aliphatic heterocycles. The van der Waals surface area contributed by atoms with Crippen molar-refractivity contribution in [3.05, 3.63) is 63.6 Å². The molecule has 0 spiro atoms. The molecule has 1 saturated carbocycles. The summed E-state index contributed by atoms with van der Waals surface area (Å²) in [4.78, 5) is 27.9. The number of aryl methyl sites for hydroxylation is 1. The Balaban J connectivity index is 1.64. The van der Waals surface area contributed by atoms with Crippen LogP contribution in [-0.4, -0.2) is 35.4 Å². The molecule has 1 N–H and O–H groups in total. The lowest BCUT2D eigenvalue weighted by atomic mass is 9.95. The van der Waals surface area contributed by atoms with E-state index in [0.717, 1.165) is 37.0 Å². The summed E-state index contributed by atoms with van der Waals surface area (Å²) in [6, 6.07) is 12.6. The predicted molar refractivity (Wildman–Crippen MR) is 137 cm³/mol. The van der Waals surface area contributed by atoms with Crippen molar-refractivity contribution in [2.75, 3.05) is 6.61 Å². The van der Waals surface area contributed by atoms with Gasteiger partial charge in [-0.25, -0.2) is 0 Å². The van der Waals surface area contributed by atoms with Gasteiger partial charge in [-0.3, -0.25) is 9.59 Å². The van der Waals surface area contributed by atoms with E-state index in [2.05, 4.69) is 5.32 Å². The highest BCUT2D eigenvalue weighted by Crippen LogP contribution is 2.27. The van der Waals surface area contributed by atoms with E-state index in [1.54, 1.807) is 30.0 Å². The number of hydrogen-bond acceptors (Lipinski definition) is 3. The molecule has 2 aromatic rings. The Bertz CT molecular complexity index is 939. The van der Waals surface area contributed by atoms with Crippen LogP contribution in [0.25, 0.3) is 0 Å². The molecule has 0 saturated heterocycles. The van der Waals surface area contributed by atoms with Crippen molar-refractivity contribution < 1.29 is 14.3 Å². The van der Waals surface area contributed by atoms with E-state index in [0.29, 0.717) is 28.6 Å². The maximum Gasteiger partial charge on any atom is 0.242 e. The zero-order valence-electron chi connectivity index (χ0n) is 20.0. The minimum absolute atomic E-state index is 0.130. The second-order valence-corrected chi connectivity index (χ2v) is 9.82. The third-order valence-corrected chi connectivity index (χ3v) is 7.04. The Kier molecular flexibility index (Phi) is 10.1. The van der Waals surface area contributed by atoms with Gasteiger partial charge in [0.15, 0.2) is 0 Å². The maximum absolute atomic E-state index is 13.3. The largest absolute Gasteiger partial charge is 0.494 e. The first kappa shape index (κ1) is 26.4. The van der Waals surface area contributed by atoms with Crippen LogP contribution < -0.4 is 10.1 Å². The zero-order valence-corrected chi connectivity index (χ0v) is 21.5. The molecule has 2 aromatic carbocycles. The third-order valence-electron chi connectivity index (χ3n) is 6.33. The number of rotatable bonds is 10. The van der Waals surface area contributed by atoms with Crippen molar-refractivity contribution in [1.82, 2.24) is 10.2 Å². The fourth-order valence-electron chi connectivity index (χ4n) is 4.20. The number of hydrogen-bond donors (Lipinski definition) is 1. The highest BCUT2D eigenvalue weighted by molar-refractivity contribution is 6.36. The molecule has 1 fully saturated rings. The van der Waals surface area contributed by atoms with E-state index in [9.17, 15) is 9.59 Å². The van der Waals surface area contributed by atoms with Gasteiger partial charge in [0.25, 0.3) is 0 Å². The van der Waals surface area contributed by atoms with Gasteiger partial charge < -0.3 is 15.0 Å². The van der Waals surface area contributed by atoms with Crippen LogP contribution in [0.1, 0.15) is 63.0 Å². The van der Waals surface area contributed by atoms with Gasteiger partial charge in [-0.05, 0) is 57.4 Å². The summed E-state index contributed by atoms with van der Waals surface area (Å²) in [5.74, 6) is 0.507. The normalized spacial score (nSPS) is 14.9. The first-order valence-corrected chi connectivity index (χ1v) is 12.8. The fourth-order valence-corrected chi connectivity index (χ4v) is 4.71. The van der Waals surface area contributed by atoms with Gasteiger partial charge in [-0.2, -0.15) is 0 Å². The van der Waals surface area contributed by atoms with E-state index < -0.39 is 6.04 Å². The average Bonchev–Trinajstić information content (AvgIpc) is 2.83. The van der Waals surface area contributed by atoms with Crippen molar-refractivity contribution in [3.8, 4) is 5.75 Å². The molecule has 0 aromatic heterocycles. The Morgan fingerprint density at radius 2 is 1.71 bits per heavy atom. The molecular weight excluding hydrogens is 471 g/mol. The number of carbonyl (C=O) groups excluding carboxylic acids is 2. The topological polar surface area (TPSA) is 58.6 Å².